The summed E-state index contributed by atoms with van der Waals surface area (Å²) in [7, 11) is 0. The van der Waals surface area contributed by atoms with Gasteiger partial charge in [0, 0.05) is 12.5 Å². The zero-order valence-electron chi connectivity index (χ0n) is 11.4. The highest BCUT2D eigenvalue weighted by atomic mass is 16.3. The Morgan fingerprint density at radius 3 is 2.33 bits per heavy atom. The molecule has 0 radical (unpaired) electrons. The van der Waals surface area contributed by atoms with Crippen LogP contribution in [0.15, 0.2) is 30.3 Å². The summed E-state index contributed by atoms with van der Waals surface area (Å²) >= 11 is 0. The van der Waals surface area contributed by atoms with E-state index in [4.69, 9.17) is 5.73 Å². The van der Waals surface area contributed by atoms with E-state index in [-0.39, 0.29) is 11.2 Å². The Morgan fingerprint density at radius 2 is 1.83 bits per heavy atom. The van der Waals surface area contributed by atoms with Crippen molar-refractivity contribution in [3.05, 3.63) is 35.9 Å². The van der Waals surface area contributed by atoms with E-state index >= 15 is 0 Å². The van der Waals surface area contributed by atoms with E-state index in [0.717, 1.165) is 5.56 Å². The molecule has 100 valence electrons. The maximum absolute atomic E-state index is 11.9. The van der Waals surface area contributed by atoms with Gasteiger partial charge in [-0.2, -0.15) is 0 Å². The molecule has 0 saturated heterocycles. The third-order valence-corrected chi connectivity index (χ3v) is 2.75. The molecule has 0 bridgehead atoms. The van der Waals surface area contributed by atoms with Gasteiger partial charge in [-0.15, -0.1) is 0 Å². The standard InChI is InChI=1S/C15H23NO2/c1-15(2,3)10-13(17)14(18)12(16)9-11-7-5-4-6-8-11/h4-8,12,14,18H,9-10,16H2,1-3H3/t12-,14?/m0/s1. The topological polar surface area (TPSA) is 63.3 Å². The number of hydrogen-bond donors (Lipinski definition) is 2. The lowest BCUT2D eigenvalue weighted by Crippen LogP contribution is -2.43. The summed E-state index contributed by atoms with van der Waals surface area (Å²) in [5.74, 6) is -0.175. The fourth-order valence-electron chi connectivity index (χ4n) is 1.86. The van der Waals surface area contributed by atoms with Gasteiger partial charge >= 0.3 is 0 Å². The number of carbonyl (C=O) groups excluding carboxylic acids is 1. The summed E-state index contributed by atoms with van der Waals surface area (Å²) < 4.78 is 0. The molecular formula is C15H23NO2. The van der Waals surface area contributed by atoms with Crippen molar-refractivity contribution < 1.29 is 9.90 Å². The first-order valence-electron chi connectivity index (χ1n) is 6.30. The second-order valence-corrected chi connectivity index (χ2v) is 6.00. The smallest absolute Gasteiger partial charge is 0.163 e. The van der Waals surface area contributed by atoms with Crippen LogP contribution in [0.1, 0.15) is 32.8 Å². The number of ketones is 1. The maximum Gasteiger partial charge on any atom is 0.163 e. The van der Waals surface area contributed by atoms with Crippen LogP contribution in [0.2, 0.25) is 0 Å². The van der Waals surface area contributed by atoms with Gasteiger partial charge in [0.15, 0.2) is 5.78 Å². The van der Waals surface area contributed by atoms with Crippen LogP contribution in [0.25, 0.3) is 0 Å². The molecular weight excluding hydrogens is 226 g/mol. The summed E-state index contributed by atoms with van der Waals surface area (Å²) in [4.78, 5) is 11.9. The fraction of sp³-hybridized carbons (Fsp3) is 0.533. The van der Waals surface area contributed by atoms with E-state index in [0.29, 0.717) is 12.8 Å². The van der Waals surface area contributed by atoms with Crippen molar-refractivity contribution in [1.82, 2.24) is 0 Å². The van der Waals surface area contributed by atoms with Crippen LogP contribution in [-0.4, -0.2) is 23.0 Å². The van der Waals surface area contributed by atoms with Crippen LogP contribution in [0.5, 0.6) is 0 Å². The molecule has 18 heavy (non-hydrogen) atoms. The van der Waals surface area contributed by atoms with Gasteiger partial charge in [-0.05, 0) is 17.4 Å². The molecule has 0 fully saturated rings. The Morgan fingerprint density at radius 1 is 1.28 bits per heavy atom. The monoisotopic (exact) mass is 249 g/mol. The van der Waals surface area contributed by atoms with Gasteiger partial charge in [0.1, 0.15) is 6.10 Å². The van der Waals surface area contributed by atoms with E-state index in [2.05, 4.69) is 0 Å². The lowest BCUT2D eigenvalue weighted by molar-refractivity contribution is -0.129. The number of Topliss-reactive ketones (excluding diaryl/α,β-unsaturated/α-hetero) is 1. The van der Waals surface area contributed by atoms with Gasteiger partial charge in [0.05, 0.1) is 0 Å². The molecule has 2 atom stereocenters. The third kappa shape index (κ3) is 4.98. The van der Waals surface area contributed by atoms with Crippen LogP contribution < -0.4 is 5.73 Å². The predicted molar refractivity (Wildman–Crippen MR) is 73.2 cm³/mol. The van der Waals surface area contributed by atoms with Gasteiger partial charge in [-0.25, -0.2) is 0 Å². The molecule has 0 heterocycles. The molecule has 0 aromatic heterocycles. The molecule has 0 aliphatic heterocycles. The molecule has 0 amide bonds. The first-order chi connectivity index (χ1) is 8.29. The summed E-state index contributed by atoms with van der Waals surface area (Å²) in [5.41, 5.74) is 6.81. The molecule has 0 aliphatic rings. The average molecular weight is 249 g/mol. The van der Waals surface area contributed by atoms with Crippen molar-refractivity contribution in [1.29, 1.82) is 0 Å². The van der Waals surface area contributed by atoms with E-state index in [1.165, 1.54) is 0 Å². The Hall–Kier alpha value is -1.19. The molecule has 3 N–H and O–H groups in total. The van der Waals surface area contributed by atoms with Crippen LogP contribution >= 0.6 is 0 Å². The zero-order chi connectivity index (χ0) is 13.8. The Kier molecular flexibility index (Phi) is 5.05. The first-order valence-corrected chi connectivity index (χ1v) is 6.30. The quantitative estimate of drug-likeness (QED) is 0.838. The minimum absolute atomic E-state index is 0.121. The van der Waals surface area contributed by atoms with E-state index in [1.54, 1.807) is 0 Å². The fourth-order valence-corrected chi connectivity index (χ4v) is 1.86. The van der Waals surface area contributed by atoms with Crippen molar-refractivity contribution in [2.24, 2.45) is 11.1 Å². The molecule has 3 nitrogen and oxygen atoms in total. The molecule has 3 heteroatoms. The number of aliphatic hydroxyl groups is 1. The third-order valence-electron chi connectivity index (χ3n) is 2.75. The highest BCUT2D eigenvalue weighted by molar-refractivity contribution is 5.84. The number of aliphatic hydroxyl groups excluding tert-OH is 1. The van der Waals surface area contributed by atoms with E-state index < -0.39 is 12.1 Å². The molecule has 1 aromatic rings. The van der Waals surface area contributed by atoms with Gasteiger partial charge in [-0.3, -0.25) is 4.79 Å². The number of rotatable bonds is 5. The van der Waals surface area contributed by atoms with Crippen molar-refractivity contribution in [3.8, 4) is 0 Å². The molecule has 1 aromatic carbocycles. The highest BCUT2D eigenvalue weighted by Crippen LogP contribution is 2.20. The Balaban J connectivity index is 2.56. The van der Waals surface area contributed by atoms with Gasteiger partial charge in [0.25, 0.3) is 0 Å². The van der Waals surface area contributed by atoms with Crippen molar-refractivity contribution >= 4 is 5.78 Å². The van der Waals surface area contributed by atoms with Crippen molar-refractivity contribution in [2.45, 2.75) is 45.8 Å². The van der Waals surface area contributed by atoms with Gasteiger partial charge in [-0.1, -0.05) is 51.1 Å². The van der Waals surface area contributed by atoms with Gasteiger partial charge in [0.2, 0.25) is 0 Å². The van der Waals surface area contributed by atoms with E-state index in [9.17, 15) is 9.90 Å². The zero-order valence-corrected chi connectivity index (χ0v) is 11.4. The summed E-state index contributed by atoms with van der Waals surface area (Å²) in [6, 6.07) is 9.12. The minimum Gasteiger partial charge on any atom is -0.384 e. The maximum atomic E-state index is 11.9. The molecule has 0 saturated carbocycles. The predicted octanol–water partition coefficient (Wildman–Crippen LogP) is 1.92. The normalized spacial score (nSPS) is 15.2. The minimum atomic E-state index is -1.08. The second kappa shape index (κ2) is 6.12. The summed E-state index contributed by atoms with van der Waals surface area (Å²) in [6.45, 7) is 5.92. The van der Waals surface area contributed by atoms with Crippen LogP contribution in [-0.2, 0) is 11.2 Å². The average Bonchev–Trinajstić information content (AvgIpc) is 2.27. The Bertz CT molecular complexity index is 381. The van der Waals surface area contributed by atoms with Crippen molar-refractivity contribution in [2.75, 3.05) is 0 Å². The SMILES string of the molecule is CC(C)(C)CC(=O)C(O)[C@@H](N)Cc1ccccc1. The number of nitrogens with two attached hydrogens (primary N) is 1. The summed E-state index contributed by atoms with van der Waals surface area (Å²) in [5, 5.41) is 9.94. The molecule has 0 spiro atoms. The summed E-state index contributed by atoms with van der Waals surface area (Å²) in [6.07, 6.45) is -0.224. The number of carbonyl (C=O) groups is 1. The largest absolute Gasteiger partial charge is 0.384 e. The lowest BCUT2D eigenvalue weighted by atomic mass is 9.86. The van der Waals surface area contributed by atoms with Crippen LogP contribution in [0.4, 0.5) is 0 Å². The lowest BCUT2D eigenvalue weighted by Gasteiger charge is -2.22. The molecule has 1 unspecified atom stereocenters. The van der Waals surface area contributed by atoms with Crippen molar-refractivity contribution in [3.63, 3.8) is 0 Å². The second-order valence-electron chi connectivity index (χ2n) is 6.00. The molecule has 0 aliphatic carbocycles. The Labute approximate surface area is 109 Å². The number of hydrogen-bond acceptors (Lipinski definition) is 3. The first kappa shape index (κ1) is 14.9. The highest BCUT2D eigenvalue weighted by Gasteiger charge is 2.26. The van der Waals surface area contributed by atoms with Crippen LogP contribution in [0.3, 0.4) is 0 Å². The van der Waals surface area contributed by atoms with Crippen LogP contribution in [0, 0.1) is 5.41 Å². The molecule has 1 rings (SSSR count). The number of benzene rings is 1. The van der Waals surface area contributed by atoms with E-state index in [1.807, 2.05) is 51.1 Å². The van der Waals surface area contributed by atoms with Gasteiger partial charge < -0.3 is 10.8 Å².